The van der Waals surface area contributed by atoms with E-state index in [9.17, 15) is 39.6 Å². The lowest BCUT2D eigenvalue weighted by molar-refractivity contribution is -0.159. The van der Waals surface area contributed by atoms with Gasteiger partial charge in [0.2, 0.25) is 0 Å². The Morgan fingerprint density at radius 3 is 1.59 bits per heavy atom. The predicted molar refractivity (Wildman–Crippen MR) is 70.0 cm³/mol. The number of hydrogen-bond acceptors (Lipinski definition) is 4. The molecule has 8 heteroatoms. The van der Waals surface area contributed by atoms with Gasteiger partial charge in [0, 0.05) is 0 Å². The van der Waals surface area contributed by atoms with Crippen molar-refractivity contribution in [3.63, 3.8) is 0 Å². The number of aliphatic carboxylic acids is 4. The van der Waals surface area contributed by atoms with Crippen molar-refractivity contribution in [2.24, 2.45) is 35.5 Å². The van der Waals surface area contributed by atoms with Gasteiger partial charge in [-0.05, 0) is 24.7 Å². The van der Waals surface area contributed by atoms with Crippen LogP contribution in [0.2, 0.25) is 0 Å². The van der Waals surface area contributed by atoms with Crippen LogP contribution >= 0.6 is 0 Å². The summed E-state index contributed by atoms with van der Waals surface area (Å²) in [5.41, 5.74) is 0. The van der Waals surface area contributed by atoms with E-state index in [1.54, 1.807) is 0 Å². The molecule has 0 radical (unpaired) electrons. The maximum atomic E-state index is 11.6. The van der Waals surface area contributed by atoms with E-state index in [1.807, 2.05) is 0 Å². The van der Waals surface area contributed by atoms with Crippen molar-refractivity contribution in [2.75, 3.05) is 0 Å². The monoisotopic (exact) mass is 314 g/mol. The molecule has 2 aliphatic carbocycles. The van der Waals surface area contributed by atoms with Gasteiger partial charge in [-0.1, -0.05) is 12.8 Å². The van der Waals surface area contributed by atoms with Crippen molar-refractivity contribution in [2.45, 2.75) is 25.7 Å². The van der Waals surface area contributed by atoms with Crippen LogP contribution in [0.4, 0.5) is 0 Å². The maximum Gasteiger partial charge on any atom is 0.308 e. The van der Waals surface area contributed by atoms with Crippen LogP contribution in [0, 0.1) is 35.5 Å². The average Bonchev–Trinajstić information content (AvgIpc) is 2.59. The van der Waals surface area contributed by atoms with E-state index in [4.69, 9.17) is 0 Å². The van der Waals surface area contributed by atoms with Crippen molar-refractivity contribution in [3.05, 3.63) is 0 Å². The highest BCUT2D eigenvalue weighted by molar-refractivity contribution is 5.88. The molecule has 0 aromatic carbocycles. The summed E-state index contributed by atoms with van der Waals surface area (Å²) in [5.74, 6) is -12.6. The van der Waals surface area contributed by atoms with Gasteiger partial charge >= 0.3 is 23.9 Å². The fraction of sp³-hybridized carbons (Fsp3) is 0.714. The number of rotatable bonds is 4. The summed E-state index contributed by atoms with van der Waals surface area (Å²) < 4.78 is 0. The van der Waals surface area contributed by atoms with E-state index in [0.29, 0.717) is 19.3 Å². The Labute approximate surface area is 125 Å². The molecule has 0 amide bonds. The SMILES string of the molecule is O=C(O)C1CCCCC2C(C(=O)O)C(C(=O)O)C(C(=O)O)C12. The molecular formula is C14H18O8. The lowest BCUT2D eigenvalue weighted by atomic mass is 9.76. The molecular weight excluding hydrogens is 296 g/mol. The Hall–Kier alpha value is -2.12. The van der Waals surface area contributed by atoms with Crippen LogP contribution in [-0.4, -0.2) is 44.3 Å². The summed E-state index contributed by atoms with van der Waals surface area (Å²) in [6.07, 6.45) is 1.74. The molecule has 6 unspecified atom stereocenters. The molecule has 0 bridgehead atoms. The summed E-state index contributed by atoms with van der Waals surface area (Å²) in [7, 11) is 0. The van der Waals surface area contributed by atoms with Crippen molar-refractivity contribution >= 4 is 23.9 Å². The fourth-order valence-electron chi connectivity index (χ4n) is 4.34. The molecule has 2 fully saturated rings. The third-order valence-corrected chi connectivity index (χ3v) is 5.08. The first-order valence-electron chi connectivity index (χ1n) is 7.18. The lowest BCUT2D eigenvalue weighted by Crippen LogP contribution is -2.37. The molecule has 0 aliphatic heterocycles. The second-order valence-corrected chi connectivity index (χ2v) is 6.06. The normalized spacial score (nSPS) is 37.8. The Bertz CT molecular complexity index is 513. The molecule has 0 spiro atoms. The quantitative estimate of drug-likeness (QED) is 0.589. The molecule has 8 nitrogen and oxygen atoms in total. The van der Waals surface area contributed by atoms with E-state index in [-0.39, 0.29) is 6.42 Å². The topological polar surface area (TPSA) is 149 Å². The average molecular weight is 314 g/mol. The molecule has 22 heavy (non-hydrogen) atoms. The third-order valence-electron chi connectivity index (χ3n) is 5.08. The summed E-state index contributed by atoms with van der Waals surface area (Å²) in [6, 6.07) is 0. The zero-order chi connectivity index (χ0) is 16.6. The van der Waals surface area contributed by atoms with Crippen LogP contribution in [0.25, 0.3) is 0 Å². The molecule has 0 heterocycles. The van der Waals surface area contributed by atoms with E-state index in [1.165, 1.54) is 0 Å². The molecule has 122 valence electrons. The standard InChI is InChI=1S/C14H18O8/c15-11(16)6-4-2-1-3-5-7(6)9(13(19)20)10(14(21)22)8(5)12(17)18/h5-10H,1-4H2,(H,15,16)(H,17,18)(H,19,20)(H,21,22). The van der Waals surface area contributed by atoms with Gasteiger partial charge in [-0.25, -0.2) is 0 Å². The Balaban J connectivity index is 2.56. The van der Waals surface area contributed by atoms with Gasteiger partial charge < -0.3 is 20.4 Å². The molecule has 2 saturated carbocycles. The van der Waals surface area contributed by atoms with Crippen LogP contribution in [0.3, 0.4) is 0 Å². The van der Waals surface area contributed by atoms with Gasteiger partial charge in [0.15, 0.2) is 0 Å². The number of carboxylic acid groups (broad SMARTS) is 4. The van der Waals surface area contributed by atoms with Crippen molar-refractivity contribution in [1.82, 2.24) is 0 Å². The van der Waals surface area contributed by atoms with Crippen molar-refractivity contribution in [3.8, 4) is 0 Å². The Morgan fingerprint density at radius 1 is 0.636 bits per heavy atom. The lowest BCUT2D eigenvalue weighted by Gasteiger charge is -2.26. The number of hydrogen-bond donors (Lipinski definition) is 4. The first kappa shape index (κ1) is 16.3. The van der Waals surface area contributed by atoms with E-state index in [2.05, 4.69) is 0 Å². The first-order valence-corrected chi connectivity index (χ1v) is 7.18. The number of carboxylic acids is 4. The summed E-state index contributed by atoms with van der Waals surface area (Å²) in [4.78, 5) is 46.0. The van der Waals surface area contributed by atoms with Crippen LogP contribution in [-0.2, 0) is 19.2 Å². The summed E-state index contributed by atoms with van der Waals surface area (Å²) in [5, 5.41) is 37.5. The van der Waals surface area contributed by atoms with E-state index < -0.39 is 59.4 Å². The van der Waals surface area contributed by atoms with Gasteiger partial charge in [-0.15, -0.1) is 0 Å². The number of fused-ring (bicyclic) bond motifs is 1. The minimum atomic E-state index is -1.59. The number of carbonyl (C=O) groups is 4. The molecule has 4 N–H and O–H groups in total. The van der Waals surface area contributed by atoms with Crippen LogP contribution < -0.4 is 0 Å². The van der Waals surface area contributed by atoms with Crippen LogP contribution in [0.1, 0.15) is 25.7 Å². The Morgan fingerprint density at radius 2 is 1.14 bits per heavy atom. The van der Waals surface area contributed by atoms with Gasteiger partial charge in [-0.2, -0.15) is 0 Å². The molecule has 0 aromatic rings. The molecule has 6 atom stereocenters. The van der Waals surface area contributed by atoms with Crippen LogP contribution in [0.15, 0.2) is 0 Å². The zero-order valence-electron chi connectivity index (χ0n) is 11.7. The molecule has 0 saturated heterocycles. The smallest absolute Gasteiger partial charge is 0.308 e. The third kappa shape index (κ3) is 2.53. The first-order chi connectivity index (χ1) is 10.3. The van der Waals surface area contributed by atoms with Crippen LogP contribution in [0.5, 0.6) is 0 Å². The maximum absolute atomic E-state index is 11.6. The summed E-state index contributed by atoms with van der Waals surface area (Å²) in [6.45, 7) is 0. The minimum absolute atomic E-state index is 0.249. The second-order valence-electron chi connectivity index (χ2n) is 6.06. The van der Waals surface area contributed by atoms with Gasteiger partial charge in [0.25, 0.3) is 0 Å². The van der Waals surface area contributed by atoms with Gasteiger partial charge in [0.05, 0.1) is 23.7 Å². The highest BCUT2D eigenvalue weighted by atomic mass is 16.4. The van der Waals surface area contributed by atoms with E-state index >= 15 is 0 Å². The fourth-order valence-corrected chi connectivity index (χ4v) is 4.34. The molecule has 0 aromatic heterocycles. The molecule has 2 rings (SSSR count). The van der Waals surface area contributed by atoms with Crippen molar-refractivity contribution in [1.29, 1.82) is 0 Å². The highest BCUT2D eigenvalue weighted by Crippen LogP contribution is 2.54. The summed E-state index contributed by atoms with van der Waals surface area (Å²) >= 11 is 0. The zero-order valence-corrected chi connectivity index (χ0v) is 11.7. The van der Waals surface area contributed by atoms with Crippen molar-refractivity contribution < 1.29 is 39.6 Å². The highest BCUT2D eigenvalue weighted by Gasteiger charge is 2.62. The minimum Gasteiger partial charge on any atom is -0.481 e. The largest absolute Gasteiger partial charge is 0.481 e. The second kappa shape index (κ2) is 5.94. The predicted octanol–water partition coefficient (Wildman–Crippen LogP) is 0.610. The molecule has 2 aliphatic rings. The Kier molecular flexibility index (Phi) is 4.39. The van der Waals surface area contributed by atoms with E-state index in [0.717, 1.165) is 0 Å². The van der Waals surface area contributed by atoms with Gasteiger partial charge in [-0.3, -0.25) is 19.2 Å². The van der Waals surface area contributed by atoms with Gasteiger partial charge in [0.1, 0.15) is 0 Å².